The van der Waals surface area contributed by atoms with Crippen molar-refractivity contribution in [1.82, 2.24) is 15.0 Å². The predicted molar refractivity (Wildman–Crippen MR) is 59.2 cm³/mol. The molecule has 1 aliphatic heterocycles. The second-order valence-electron chi connectivity index (χ2n) is 4.37. The van der Waals surface area contributed by atoms with Crippen molar-refractivity contribution in [2.75, 3.05) is 13.1 Å². The Kier molecular flexibility index (Phi) is 3.73. The van der Waals surface area contributed by atoms with Gasteiger partial charge < -0.3 is 14.5 Å². The number of piperidine rings is 1. The zero-order valence-corrected chi connectivity index (χ0v) is 9.93. The molecule has 0 aromatic carbocycles. The number of aliphatic hydroxyl groups is 1. The number of amides is 1. The Morgan fingerprint density at radius 3 is 3.12 bits per heavy atom. The van der Waals surface area contributed by atoms with Crippen LogP contribution in [0.4, 0.5) is 0 Å². The van der Waals surface area contributed by atoms with Crippen molar-refractivity contribution in [2.45, 2.75) is 38.7 Å². The molecule has 0 spiro atoms. The topological polar surface area (TPSA) is 79.5 Å². The van der Waals surface area contributed by atoms with Gasteiger partial charge in [-0.25, -0.2) is 0 Å². The van der Waals surface area contributed by atoms with E-state index in [2.05, 4.69) is 10.1 Å². The quantitative estimate of drug-likeness (QED) is 0.820. The summed E-state index contributed by atoms with van der Waals surface area (Å²) in [5.74, 6) is 1.12. The van der Waals surface area contributed by atoms with Crippen LogP contribution in [-0.2, 0) is 11.2 Å². The van der Waals surface area contributed by atoms with Gasteiger partial charge in [0.2, 0.25) is 11.8 Å². The minimum absolute atomic E-state index is 0.0413. The lowest BCUT2D eigenvalue weighted by molar-refractivity contribution is -0.134. The molecule has 0 saturated carbocycles. The average Bonchev–Trinajstić information content (AvgIpc) is 2.72. The van der Waals surface area contributed by atoms with Crippen LogP contribution in [0.5, 0.6) is 0 Å². The van der Waals surface area contributed by atoms with E-state index < -0.39 is 0 Å². The van der Waals surface area contributed by atoms with Crippen LogP contribution in [0.25, 0.3) is 0 Å². The van der Waals surface area contributed by atoms with Crippen LogP contribution in [-0.4, -0.2) is 45.2 Å². The molecule has 1 fully saturated rings. The first kappa shape index (κ1) is 12.0. The van der Waals surface area contributed by atoms with E-state index in [0.29, 0.717) is 31.1 Å². The van der Waals surface area contributed by atoms with Gasteiger partial charge in [0.15, 0.2) is 5.82 Å². The van der Waals surface area contributed by atoms with Crippen LogP contribution >= 0.6 is 0 Å². The molecule has 1 unspecified atom stereocenters. The van der Waals surface area contributed by atoms with Crippen molar-refractivity contribution >= 4 is 5.91 Å². The third-order valence-corrected chi connectivity index (χ3v) is 2.87. The summed E-state index contributed by atoms with van der Waals surface area (Å²) in [5.41, 5.74) is 0. The van der Waals surface area contributed by atoms with Gasteiger partial charge in [0, 0.05) is 25.9 Å². The van der Waals surface area contributed by atoms with Crippen molar-refractivity contribution in [1.29, 1.82) is 0 Å². The van der Waals surface area contributed by atoms with E-state index >= 15 is 0 Å². The molecule has 1 amide bonds. The zero-order valence-electron chi connectivity index (χ0n) is 9.93. The van der Waals surface area contributed by atoms with E-state index in [1.807, 2.05) is 0 Å². The van der Waals surface area contributed by atoms with Crippen molar-refractivity contribution in [2.24, 2.45) is 0 Å². The van der Waals surface area contributed by atoms with Crippen molar-refractivity contribution in [3.8, 4) is 0 Å². The maximum atomic E-state index is 11.8. The molecule has 1 saturated heterocycles. The minimum atomic E-state index is -0.377. The maximum Gasteiger partial charge on any atom is 0.227 e. The summed E-state index contributed by atoms with van der Waals surface area (Å²) in [6, 6.07) is 0. The Hall–Kier alpha value is -1.43. The van der Waals surface area contributed by atoms with Crippen LogP contribution in [0.15, 0.2) is 4.52 Å². The first-order valence-electron chi connectivity index (χ1n) is 5.90. The highest BCUT2D eigenvalue weighted by Crippen LogP contribution is 2.12. The van der Waals surface area contributed by atoms with Crippen LogP contribution in [0.2, 0.25) is 0 Å². The molecule has 6 nitrogen and oxygen atoms in total. The van der Waals surface area contributed by atoms with E-state index in [-0.39, 0.29) is 12.0 Å². The molecule has 2 rings (SSSR count). The summed E-state index contributed by atoms with van der Waals surface area (Å²) in [7, 11) is 0. The summed E-state index contributed by atoms with van der Waals surface area (Å²) in [4.78, 5) is 17.6. The van der Waals surface area contributed by atoms with Gasteiger partial charge in [-0.3, -0.25) is 4.79 Å². The monoisotopic (exact) mass is 239 g/mol. The molecule has 1 N–H and O–H groups in total. The number of rotatable bonds is 3. The Balaban J connectivity index is 1.80. The third-order valence-electron chi connectivity index (χ3n) is 2.87. The number of aryl methyl sites for hydroxylation is 2. The normalized spacial score (nSPS) is 20.6. The molecule has 1 atom stereocenters. The fraction of sp³-hybridized carbons (Fsp3) is 0.727. The summed E-state index contributed by atoms with van der Waals surface area (Å²) in [6.45, 7) is 2.93. The second kappa shape index (κ2) is 5.27. The number of β-amino-alcohol motifs (C(OH)–C–C–N with tert-alkyl or cyclic N) is 1. The molecule has 6 heteroatoms. The lowest BCUT2D eigenvalue weighted by atomic mass is 10.1. The summed E-state index contributed by atoms with van der Waals surface area (Å²) in [6.07, 6.45) is 2.10. The fourth-order valence-electron chi connectivity index (χ4n) is 1.99. The number of aliphatic hydroxyl groups excluding tert-OH is 1. The number of carbonyl (C=O) groups is 1. The molecule has 1 aliphatic rings. The van der Waals surface area contributed by atoms with Crippen LogP contribution < -0.4 is 0 Å². The lowest BCUT2D eigenvalue weighted by Gasteiger charge is -2.30. The standard InChI is InChI=1S/C11H17N3O3/c1-8-12-10(17-13-8)4-5-11(16)14-6-2-3-9(15)7-14/h9,15H,2-7H2,1H3. The van der Waals surface area contributed by atoms with Crippen LogP contribution in [0.3, 0.4) is 0 Å². The highest BCUT2D eigenvalue weighted by atomic mass is 16.5. The molecular weight excluding hydrogens is 222 g/mol. The largest absolute Gasteiger partial charge is 0.391 e. The Morgan fingerprint density at radius 1 is 1.65 bits per heavy atom. The summed E-state index contributed by atoms with van der Waals surface area (Å²) >= 11 is 0. The number of aromatic nitrogens is 2. The van der Waals surface area contributed by atoms with Crippen molar-refractivity contribution in [3.05, 3.63) is 11.7 Å². The van der Waals surface area contributed by atoms with Gasteiger partial charge in [0.25, 0.3) is 0 Å². The Bertz CT molecular complexity index is 391. The van der Waals surface area contributed by atoms with E-state index in [9.17, 15) is 9.90 Å². The molecule has 1 aromatic heterocycles. The van der Waals surface area contributed by atoms with Crippen LogP contribution in [0, 0.1) is 6.92 Å². The van der Waals surface area contributed by atoms with E-state index in [1.54, 1.807) is 11.8 Å². The van der Waals surface area contributed by atoms with Crippen molar-refractivity contribution in [3.63, 3.8) is 0 Å². The fourth-order valence-corrected chi connectivity index (χ4v) is 1.99. The highest BCUT2D eigenvalue weighted by molar-refractivity contribution is 5.76. The number of likely N-dealkylation sites (tertiary alicyclic amines) is 1. The van der Waals surface area contributed by atoms with Gasteiger partial charge in [0.1, 0.15) is 0 Å². The Labute approximate surface area is 99.6 Å². The smallest absolute Gasteiger partial charge is 0.227 e. The lowest BCUT2D eigenvalue weighted by Crippen LogP contribution is -2.42. The van der Waals surface area contributed by atoms with Gasteiger partial charge in [0.05, 0.1) is 6.10 Å². The number of carbonyl (C=O) groups excluding carboxylic acids is 1. The molecule has 17 heavy (non-hydrogen) atoms. The zero-order chi connectivity index (χ0) is 12.3. The maximum absolute atomic E-state index is 11.8. The molecular formula is C11H17N3O3. The summed E-state index contributed by atoms with van der Waals surface area (Å²) in [5, 5.41) is 13.2. The average molecular weight is 239 g/mol. The highest BCUT2D eigenvalue weighted by Gasteiger charge is 2.22. The summed E-state index contributed by atoms with van der Waals surface area (Å²) < 4.78 is 4.94. The molecule has 94 valence electrons. The number of hydrogen-bond acceptors (Lipinski definition) is 5. The molecule has 0 aliphatic carbocycles. The van der Waals surface area contributed by atoms with Gasteiger partial charge >= 0.3 is 0 Å². The third kappa shape index (κ3) is 3.26. The predicted octanol–water partition coefficient (Wildman–Crippen LogP) is 0.294. The molecule has 1 aromatic rings. The minimum Gasteiger partial charge on any atom is -0.391 e. The van der Waals surface area contributed by atoms with E-state index in [4.69, 9.17) is 4.52 Å². The van der Waals surface area contributed by atoms with E-state index in [0.717, 1.165) is 19.4 Å². The van der Waals surface area contributed by atoms with Crippen LogP contribution in [0.1, 0.15) is 31.0 Å². The van der Waals surface area contributed by atoms with Gasteiger partial charge in [-0.05, 0) is 19.8 Å². The first-order chi connectivity index (χ1) is 8.15. The van der Waals surface area contributed by atoms with Gasteiger partial charge in [-0.15, -0.1) is 0 Å². The van der Waals surface area contributed by atoms with E-state index in [1.165, 1.54) is 0 Å². The van der Waals surface area contributed by atoms with Crippen molar-refractivity contribution < 1.29 is 14.4 Å². The second-order valence-corrected chi connectivity index (χ2v) is 4.37. The molecule has 0 radical (unpaired) electrons. The Morgan fingerprint density at radius 2 is 2.47 bits per heavy atom. The molecule has 2 heterocycles. The first-order valence-corrected chi connectivity index (χ1v) is 5.90. The van der Waals surface area contributed by atoms with Gasteiger partial charge in [-0.2, -0.15) is 4.98 Å². The molecule has 0 bridgehead atoms. The SMILES string of the molecule is Cc1noc(CCC(=O)N2CCCC(O)C2)n1. The van der Waals surface area contributed by atoms with Gasteiger partial charge in [-0.1, -0.05) is 5.16 Å². The number of hydrogen-bond donors (Lipinski definition) is 1. The number of nitrogens with zero attached hydrogens (tertiary/aromatic N) is 3.